The molecular weight excluding hydrogens is 466 g/mol. The van der Waals surface area contributed by atoms with Crippen LogP contribution in [0.1, 0.15) is 52.4 Å². The largest absolute Gasteiger partial charge is 0.458 e. The van der Waals surface area contributed by atoms with Crippen molar-refractivity contribution in [1.82, 2.24) is 4.90 Å². The van der Waals surface area contributed by atoms with E-state index in [-0.39, 0.29) is 42.9 Å². The Labute approximate surface area is 209 Å². The van der Waals surface area contributed by atoms with E-state index in [1.165, 1.54) is 14.0 Å². The van der Waals surface area contributed by atoms with Gasteiger partial charge in [-0.05, 0) is 37.9 Å². The monoisotopic (exact) mass is 497 g/mol. The second-order valence-corrected chi connectivity index (χ2v) is 11.5. The molecular formula is C27H31NO8. The van der Waals surface area contributed by atoms with E-state index in [0.29, 0.717) is 24.0 Å². The molecule has 0 aromatic rings. The van der Waals surface area contributed by atoms with Gasteiger partial charge in [0, 0.05) is 62.3 Å². The first kappa shape index (κ1) is 23.7. The molecule has 0 aromatic heterocycles. The summed E-state index contributed by atoms with van der Waals surface area (Å²) in [5.41, 5.74) is -1.85. The maximum Gasteiger partial charge on any atom is 0.336 e. The number of carbonyl (C=O) groups is 5. The van der Waals surface area contributed by atoms with Gasteiger partial charge in [-0.15, -0.1) is 0 Å². The van der Waals surface area contributed by atoms with Gasteiger partial charge in [-0.25, -0.2) is 4.79 Å². The van der Waals surface area contributed by atoms with Gasteiger partial charge in [0.1, 0.15) is 11.9 Å². The lowest BCUT2D eigenvalue weighted by Crippen LogP contribution is -2.54. The molecule has 3 fully saturated rings. The molecule has 2 saturated carbocycles. The molecule has 9 nitrogen and oxygen atoms in total. The second kappa shape index (κ2) is 7.68. The first-order valence-corrected chi connectivity index (χ1v) is 12.8. The molecule has 2 aliphatic heterocycles. The minimum absolute atomic E-state index is 0.0130. The Hall–Kier alpha value is -2.65. The van der Waals surface area contributed by atoms with Crippen molar-refractivity contribution in [1.29, 1.82) is 0 Å². The molecule has 0 N–H and O–H groups in total. The zero-order valence-corrected chi connectivity index (χ0v) is 20.9. The van der Waals surface area contributed by atoms with E-state index >= 15 is 0 Å². The molecule has 0 bridgehead atoms. The summed E-state index contributed by atoms with van der Waals surface area (Å²) in [7, 11) is 1.50. The molecule has 2 heterocycles. The third-order valence-electron chi connectivity index (χ3n) is 9.51. The summed E-state index contributed by atoms with van der Waals surface area (Å²) >= 11 is 0. The molecule has 9 heteroatoms. The number of esters is 2. The minimum atomic E-state index is -1.14. The molecule has 1 spiro atoms. The van der Waals surface area contributed by atoms with Gasteiger partial charge in [-0.1, -0.05) is 6.92 Å². The fourth-order valence-corrected chi connectivity index (χ4v) is 7.94. The zero-order chi connectivity index (χ0) is 25.6. The van der Waals surface area contributed by atoms with Gasteiger partial charge < -0.3 is 14.2 Å². The third-order valence-corrected chi connectivity index (χ3v) is 9.51. The van der Waals surface area contributed by atoms with Crippen molar-refractivity contribution < 1.29 is 38.2 Å². The number of allylic oxidation sites excluding steroid dienone is 1. The number of hydrogen-bond donors (Lipinski definition) is 0. The van der Waals surface area contributed by atoms with Gasteiger partial charge >= 0.3 is 11.9 Å². The highest BCUT2D eigenvalue weighted by molar-refractivity contribution is 6.52. The Balaban J connectivity index is 1.61. The number of nitrogens with zero attached hydrogens (tertiary/aromatic N) is 1. The van der Waals surface area contributed by atoms with E-state index < -0.39 is 52.0 Å². The van der Waals surface area contributed by atoms with Crippen LogP contribution >= 0.6 is 0 Å². The first-order chi connectivity index (χ1) is 17.1. The van der Waals surface area contributed by atoms with Gasteiger partial charge in [-0.3, -0.25) is 24.1 Å². The highest BCUT2D eigenvalue weighted by atomic mass is 16.6. The molecule has 5 unspecified atom stereocenters. The van der Waals surface area contributed by atoms with Crippen molar-refractivity contribution in [3.05, 3.63) is 22.3 Å². The van der Waals surface area contributed by atoms with Crippen LogP contribution in [-0.2, 0) is 38.2 Å². The molecule has 6 rings (SSSR count). The summed E-state index contributed by atoms with van der Waals surface area (Å²) in [6, 6.07) is 0. The third kappa shape index (κ3) is 2.87. The van der Waals surface area contributed by atoms with Crippen LogP contribution in [0.5, 0.6) is 0 Å². The number of fused-ring (bicyclic) bond motifs is 2. The molecule has 36 heavy (non-hydrogen) atoms. The number of methoxy groups -OCH3 is 1. The quantitative estimate of drug-likeness (QED) is 0.411. The van der Waals surface area contributed by atoms with Crippen molar-refractivity contribution >= 4 is 29.3 Å². The van der Waals surface area contributed by atoms with Crippen LogP contribution in [0.2, 0.25) is 0 Å². The van der Waals surface area contributed by atoms with Crippen LogP contribution in [0.15, 0.2) is 22.3 Å². The fraction of sp³-hybridized carbons (Fsp3) is 0.667. The Kier molecular flexibility index (Phi) is 5.06. The van der Waals surface area contributed by atoms with Crippen LogP contribution in [0.4, 0.5) is 0 Å². The maximum absolute atomic E-state index is 13.9. The lowest BCUT2D eigenvalue weighted by atomic mass is 9.56. The van der Waals surface area contributed by atoms with Crippen LogP contribution in [0, 0.1) is 16.7 Å². The molecule has 1 saturated heterocycles. The molecule has 5 atom stereocenters. The summed E-state index contributed by atoms with van der Waals surface area (Å²) in [4.78, 5) is 68.4. The van der Waals surface area contributed by atoms with Crippen molar-refractivity contribution in [2.24, 2.45) is 16.7 Å². The summed E-state index contributed by atoms with van der Waals surface area (Å²) < 4.78 is 17.3. The lowest BCUT2D eigenvalue weighted by molar-refractivity contribution is -0.158. The Morgan fingerprint density at radius 3 is 2.53 bits per heavy atom. The van der Waals surface area contributed by atoms with Gasteiger partial charge in [-0.2, -0.15) is 0 Å². The van der Waals surface area contributed by atoms with Crippen LogP contribution in [0.25, 0.3) is 0 Å². The first-order valence-electron chi connectivity index (χ1n) is 12.8. The number of ketones is 3. The predicted octanol–water partition coefficient (Wildman–Crippen LogP) is 1.48. The smallest absolute Gasteiger partial charge is 0.336 e. The number of rotatable bonds is 5. The Bertz CT molecular complexity index is 1190. The Morgan fingerprint density at radius 1 is 1.14 bits per heavy atom. The van der Waals surface area contributed by atoms with Gasteiger partial charge in [0.15, 0.2) is 5.60 Å². The van der Waals surface area contributed by atoms with Crippen LogP contribution in [-0.4, -0.2) is 79.2 Å². The molecule has 0 radical (unpaired) electrons. The Morgan fingerprint density at radius 2 is 1.86 bits per heavy atom. The summed E-state index contributed by atoms with van der Waals surface area (Å²) in [6.07, 6.45) is 2.43. The molecule has 192 valence electrons. The fourth-order valence-electron chi connectivity index (χ4n) is 7.94. The van der Waals surface area contributed by atoms with Crippen LogP contribution in [0.3, 0.4) is 0 Å². The average Bonchev–Trinajstić information content (AvgIpc) is 3.08. The van der Waals surface area contributed by atoms with Crippen molar-refractivity contribution in [3.63, 3.8) is 0 Å². The van der Waals surface area contributed by atoms with Crippen LogP contribution < -0.4 is 0 Å². The number of carbonyl (C=O) groups excluding carboxylic acids is 5. The molecule has 6 aliphatic rings. The number of hydrogen-bond acceptors (Lipinski definition) is 9. The van der Waals surface area contributed by atoms with Crippen molar-refractivity contribution in [2.45, 2.75) is 64.1 Å². The predicted molar refractivity (Wildman–Crippen MR) is 123 cm³/mol. The van der Waals surface area contributed by atoms with Gasteiger partial charge in [0.2, 0.25) is 11.6 Å². The van der Waals surface area contributed by atoms with E-state index in [1.54, 1.807) is 0 Å². The average molecular weight is 498 g/mol. The topological polar surface area (TPSA) is 116 Å². The van der Waals surface area contributed by atoms with E-state index in [1.807, 2.05) is 6.92 Å². The van der Waals surface area contributed by atoms with Crippen molar-refractivity contribution in [2.75, 3.05) is 33.4 Å². The van der Waals surface area contributed by atoms with Crippen molar-refractivity contribution in [3.8, 4) is 0 Å². The zero-order valence-electron chi connectivity index (χ0n) is 20.9. The highest BCUT2D eigenvalue weighted by Crippen LogP contribution is 2.75. The van der Waals surface area contributed by atoms with Gasteiger partial charge in [0.05, 0.1) is 17.6 Å². The van der Waals surface area contributed by atoms with E-state index in [0.717, 1.165) is 25.9 Å². The molecule has 0 amide bonds. The number of Topliss-reactive ketones (excluding diaryl/α,β-unsaturated/α-hetero) is 3. The standard InChI is InChI=1S/C27H31NO8/c1-14(29)35-17-10-25(2)16(6-7-18(25)30)19-21(17)27-12-26(27,13-34-3)36-24(33)15(11-28-8-4-5-9-28)20(27)23(32)22(19)31/h16-17H,4-13H2,1-3H3. The second-order valence-electron chi connectivity index (χ2n) is 11.5. The van der Waals surface area contributed by atoms with E-state index in [2.05, 4.69) is 4.90 Å². The molecule has 0 aromatic carbocycles. The van der Waals surface area contributed by atoms with E-state index in [9.17, 15) is 24.0 Å². The van der Waals surface area contributed by atoms with E-state index in [4.69, 9.17) is 14.2 Å². The summed E-state index contributed by atoms with van der Waals surface area (Å²) in [5, 5.41) is 0. The summed E-state index contributed by atoms with van der Waals surface area (Å²) in [5.74, 6) is -2.91. The molecule has 4 aliphatic carbocycles. The SMILES string of the molecule is COCC12CC13C(=C(CN1CCCC1)C(=O)O2)C(=O)C(=O)C1=C3C(OC(C)=O)CC2(C)C(=O)CCC12. The lowest BCUT2D eigenvalue weighted by Gasteiger charge is -2.48. The highest BCUT2D eigenvalue weighted by Gasteiger charge is 2.82. The minimum Gasteiger partial charge on any atom is -0.458 e. The number of ether oxygens (including phenoxy) is 3. The van der Waals surface area contributed by atoms with Gasteiger partial charge in [0.25, 0.3) is 0 Å². The number of likely N-dealkylation sites (tertiary alicyclic amines) is 1. The normalized spacial score (nSPS) is 39.5. The summed E-state index contributed by atoms with van der Waals surface area (Å²) in [6.45, 7) is 4.99. The maximum atomic E-state index is 13.9.